The van der Waals surface area contributed by atoms with Crippen molar-refractivity contribution in [3.05, 3.63) is 64.0 Å². The lowest BCUT2D eigenvalue weighted by Crippen LogP contribution is -2.09. The van der Waals surface area contributed by atoms with Gasteiger partial charge in [0.2, 0.25) is 0 Å². The third kappa shape index (κ3) is 3.89. The van der Waals surface area contributed by atoms with Crippen LogP contribution in [0.25, 0.3) is 10.1 Å². The topological polar surface area (TPSA) is 35.5 Å². The van der Waals surface area contributed by atoms with Crippen LogP contribution < -0.4 is 4.74 Å². The lowest BCUT2D eigenvalue weighted by Gasteiger charge is -2.11. The quantitative estimate of drug-likeness (QED) is 0.564. The largest absolute Gasteiger partial charge is 0.489 e. The molecule has 0 aliphatic carbocycles. The molecule has 5 heteroatoms. The van der Waals surface area contributed by atoms with Crippen LogP contribution >= 0.6 is 22.9 Å². The summed E-state index contributed by atoms with van der Waals surface area (Å²) in [7, 11) is 0. The average molecular weight is 361 g/mol. The lowest BCUT2D eigenvalue weighted by atomic mass is 10.1. The molecule has 0 unspecified atom stereocenters. The SMILES string of the molecule is CCOC(=O)Cc1ccccc1OCc1csc2ccc(Cl)cc12. The summed E-state index contributed by atoms with van der Waals surface area (Å²) in [6.07, 6.45) is 0.209. The van der Waals surface area contributed by atoms with Crippen LogP contribution in [0.5, 0.6) is 5.75 Å². The van der Waals surface area contributed by atoms with Gasteiger partial charge in [-0.25, -0.2) is 0 Å². The maximum Gasteiger partial charge on any atom is 0.310 e. The maximum atomic E-state index is 11.7. The number of carbonyl (C=O) groups is 1. The van der Waals surface area contributed by atoms with Crippen molar-refractivity contribution in [1.82, 2.24) is 0 Å². The second kappa shape index (κ2) is 7.69. The Bertz CT molecular complexity index is 857. The highest BCUT2D eigenvalue weighted by atomic mass is 35.5. The van der Waals surface area contributed by atoms with Crippen LogP contribution in [0.15, 0.2) is 47.8 Å². The van der Waals surface area contributed by atoms with Crippen molar-refractivity contribution in [2.45, 2.75) is 20.0 Å². The van der Waals surface area contributed by atoms with Crippen LogP contribution in [-0.4, -0.2) is 12.6 Å². The van der Waals surface area contributed by atoms with E-state index in [0.29, 0.717) is 24.0 Å². The number of thiophene rings is 1. The Morgan fingerprint density at radius 2 is 2.00 bits per heavy atom. The van der Waals surface area contributed by atoms with Crippen molar-refractivity contribution in [2.24, 2.45) is 0 Å². The lowest BCUT2D eigenvalue weighted by molar-refractivity contribution is -0.142. The molecule has 1 heterocycles. The Hall–Kier alpha value is -2.04. The molecule has 24 heavy (non-hydrogen) atoms. The van der Waals surface area contributed by atoms with E-state index >= 15 is 0 Å². The fourth-order valence-electron chi connectivity index (χ4n) is 2.48. The van der Waals surface area contributed by atoms with E-state index in [1.54, 1.807) is 18.3 Å². The Kier molecular flexibility index (Phi) is 5.38. The van der Waals surface area contributed by atoms with Crippen LogP contribution in [-0.2, 0) is 22.6 Å². The van der Waals surface area contributed by atoms with E-state index in [-0.39, 0.29) is 12.4 Å². The first-order valence-electron chi connectivity index (χ1n) is 7.69. The summed E-state index contributed by atoms with van der Waals surface area (Å²) in [6.45, 7) is 2.61. The van der Waals surface area contributed by atoms with Crippen LogP contribution in [0, 0.1) is 0 Å². The summed E-state index contributed by atoms with van der Waals surface area (Å²) in [4.78, 5) is 11.7. The van der Waals surface area contributed by atoms with E-state index in [9.17, 15) is 4.79 Å². The molecule has 3 aromatic rings. The van der Waals surface area contributed by atoms with Crippen LogP contribution in [0.4, 0.5) is 0 Å². The molecule has 124 valence electrons. The third-order valence-electron chi connectivity index (χ3n) is 3.61. The van der Waals surface area contributed by atoms with E-state index < -0.39 is 0 Å². The van der Waals surface area contributed by atoms with E-state index in [1.807, 2.05) is 42.5 Å². The van der Waals surface area contributed by atoms with Gasteiger partial charge < -0.3 is 9.47 Å². The van der Waals surface area contributed by atoms with Crippen LogP contribution in [0.2, 0.25) is 5.02 Å². The van der Waals surface area contributed by atoms with Gasteiger partial charge in [0.1, 0.15) is 12.4 Å². The summed E-state index contributed by atoms with van der Waals surface area (Å²) in [5, 5.41) is 3.90. The van der Waals surface area contributed by atoms with Gasteiger partial charge in [-0.2, -0.15) is 0 Å². The zero-order chi connectivity index (χ0) is 16.9. The highest BCUT2D eigenvalue weighted by Gasteiger charge is 2.11. The van der Waals surface area contributed by atoms with Gasteiger partial charge in [-0.1, -0.05) is 29.8 Å². The summed E-state index contributed by atoms with van der Waals surface area (Å²) in [5.74, 6) is 0.452. The van der Waals surface area contributed by atoms with Gasteiger partial charge in [-0.3, -0.25) is 4.79 Å². The predicted octanol–water partition coefficient (Wildman–Crippen LogP) is 5.24. The molecule has 0 aliphatic rings. The number of fused-ring (bicyclic) bond motifs is 1. The zero-order valence-electron chi connectivity index (χ0n) is 13.3. The number of para-hydroxylation sites is 1. The van der Waals surface area contributed by atoms with Gasteiger partial charge >= 0.3 is 5.97 Å². The first kappa shape index (κ1) is 16.8. The second-order valence-electron chi connectivity index (χ2n) is 5.28. The summed E-state index contributed by atoms with van der Waals surface area (Å²) in [6, 6.07) is 13.4. The molecule has 0 spiro atoms. The summed E-state index contributed by atoms with van der Waals surface area (Å²) >= 11 is 7.76. The fourth-order valence-corrected chi connectivity index (χ4v) is 3.58. The van der Waals surface area contributed by atoms with Gasteiger partial charge in [-0.15, -0.1) is 11.3 Å². The van der Waals surface area contributed by atoms with Crippen molar-refractivity contribution < 1.29 is 14.3 Å². The Labute approximate surface area is 149 Å². The number of esters is 1. The molecule has 3 rings (SSSR count). The standard InChI is InChI=1S/C19H17ClO3S/c1-2-22-19(21)9-13-5-3-4-6-17(13)23-11-14-12-24-18-8-7-15(20)10-16(14)18/h3-8,10,12H,2,9,11H2,1H3. The molecule has 0 aliphatic heterocycles. The third-order valence-corrected chi connectivity index (χ3v) is 4.86. The highest BCUT2D eigenvalue weighted by Crippen LogP contribution is 2.30. The molecule has 0 saturated heterocycles. The number of hydrogen-bond acceptors (Lipinski definition) is 4. The monoisotopic (exact) mass is 360 g/mol. The molecule has 0 radical (unpaired) electrons. The number of benzene rings is 2. The number of halogens is 1. The van der Waals surface area contributed by atoms with E-state index in [1.165, 1.54) is 4.70 Å². The van der Waals surface area contributed by atoms with E-state index in [4.69, 9.17) is 21.1 Å². The normalized spacial score (nSPS) is 10.8. The smallest absolute Gasteiger partial charge is 0.310 e. The van der Waals surface area contributed by atoms with Crippen LogP contribution in [0.3, 0.4) is 0 Å². The van der Waals surface area contributed by atoms with E-state index in [2.05, 4.69) is 5.38 Å². The molecular formula is C19H17ClO3S. The van der Waals surface area contributed by atoms with Gasteiger partial charge in [0.05, 0.1) is 13.0 Å². The predicted molar refractivity (Wildman–Crippen MR) is 97.9 cm³/mol. The van der Waals surface area contributed by atoms with Gasteiger partial charge in [0, 0.05) is 26.2 Å². The molecule has 0 atom stereocenters. The first-order valence-corrected chi connectivity index (χ1v) is 8.95. The van der Waals surface area contributed by atoms with Crippen molar-refractivity contribution in [1.29, 1.82) is 0 Å². The van der Waals surface area contributed by atoms with Gasteiger partial charge in [-0.05, 0) is 36.6 Å². The number of carbonyl (C=O) groups excluding carboxylic acids is 1. The van der Waals surface area contributed by atoms with Crippen molar-refractivity contribution in [3.8, 4) is 5.75 Å². The molecule has 2 aromatic carbocycles. The Morgan fingerprint density at radius 1 is 1.17 bits per heavy atom. The minimum absolute atomic E-state index is 0.209. The molecule has 0 amide bonds. The molecule has 0 saturated carbocycles. The number of rotatable bonds is 6. The highest BCUT2D eigenvalue weighted by molar-refractivity contribution is 7.17. The van der Waals surface area contributed by atoms with Crippen molar-refractivity contribution in [3.63, 3.8) is 0 Å². The van der Waals surface area contributed by atoms with Gasteiger partial charge in [0.25, 0.3) is 0 Å². The maximum absolute atomic E-state index is 11.7. The first-order chi connectivity index (χ1) is 11.7. The Balaban J connectivity index is 1.76. The molecule has 0 N–H and O–H groups in total. The van der Waals surface area contributed by atoms with E-state index in [0.717, 1.165) is 16.5 Å². The van der Waals surface area contributed by atoms with Gasteiger partial charge in [0.15, 0.2) is 0 Å². The summed E-state index contributed by atoms with van der Waals surface area (Å²) in [5.41, 5.74) is 1.91. The molecule has 0 bridgehead atoms. The molecule has 3 nitrogen and oxygen atoms in total. The Morgan fingerprint density at radius 3 is 2.83 bits per heavy atom. The second-order valence-corrected chi connectivity index (χ2v) is 6.63. The summed E-state index contributed by atoms with van der Waals surface area (Å²) < 4.78 is 12.2. The molecule has 1 aromatic heterocycles. The zero-order valence-corrected chi connectivity index (χ0v) is 14.8. The average Bonchev–Trinajstić information content (AvgIpc) is 2.96. The minimum Gasteiger partial charge on any atom is -0.489 e. The molecule has 0 fully saturated rings. The minimum atomic E-state index is -0.249. The fraction of sp³-hybridized carbons (Fsp3) is 0.211. The number of ether oxygens (including phenoxy) is 2. The van der Waals surface area contributed by atoms with Crippen molar-refractivity contribution >= 4 is 39.0 Å². The number of hydrogen-bond donors (Lipinski definition) is 0. The van der Waals surface area contributed by atoms with Crippen molar-refractivity contribution in [2.75, 3.05) is 6.61 Å². The van der Waals surface area contributed by atoms with Crippen LogP contribution in [0.1, 0.15) is 18.1 Å². The molecular weight excluding hydrogens is 344 g/mol.